The Morgan fingerprint density at radius 1 is 1.85 bits per heavy atom. The molecule has 1 aromatic rings. The van der Waals surface area contributed by atoms with Crippen LogP contribution in [0, 0.1) is 0 Å². The maximum Gasteiger partial charge on any atom is 0.313 e. The van der Waals surface area contributed by atoms with Crippen molar-refractivity contribution in [3.63, 3.8) is 0 Å². The molecule has 0 fully saturated rings. The number of hydrogen-bond donors (Lipinski definition) is 2. The molecule has 1 heterocycles. The minimum atomic E-state index is -0.978. The van der Waals surface area contributed by atoms with Crippen LogP contribution in [0.5, 0.6) is 0 Å². The number of rotatable bonds is 3. The summed E-state index contributed by atoms with van der Waals surface area (Å²) in [6.07, 6.45) is 0. The van der Waals surface area contributed by atoms with E-state index < -0.39 is 11.9 Å². The summed E-state index contributed by atoms with van der Waals surface area (Å²) in [4.78, 5) is 10.8. The second-order valence-electron chi connectivity index (χ2n) is 2.52. The Morgan fingerprint density at radius 3 is 2.77 bits per heavy atom. The van der Waals surface area contributed by atoms with Crippen molar-refractivity contribution < 1.29 is 9.90 Å². The number of aromatic nitrogens is 3. The van der Waals surface area contributed by atoms with Gasteiger partial charge in [0.15, 0.2) is 4.60 Å². The zero-order chi connectivity index (χ0) is 10.0. The van der Waals surface area contributed by atoms with Gasteiger partial charge in [0.25, 0.3) is 0 Å². The van der Waals surface area contributed by atoms with E-state index in [-0.39, 0.29) is 6.54 Å². The second-order valence-corrected chi connectivity index (χ2v) is 3.27. The molecule has 0 saturated heterocycles. The average molecular weight is 249 g/mol. The van der Waals surface area contributed by atoms with Gasteiger partial charge in [-0.1, -0.05) is 5.21 Å². The first kappa shape index (κ1) is 10.1. The lowest BCUT2D eigenvalue weighted by atomic mass is 10.1. The van der Waals surface area contributed by atoms with Gasteiger partial charge >= 0.3 is 5.97 Å². The molecule has 1 aromatic heterocycles. The normalized spacial score (nSPS) is 12.8. The Hall–Kier alpha value is -0.950. The zero-order valence-corrected chi connectivity index (χ0v) is 8.52. The van der Waals surface area contributed by atoms with E-state index in [1.165, 1.54) is 4.68 Å². The number of nitrogens with zero attached hydrogens (tertiary/aromatic N) is 3. The van der Waals surface area contributed by atoms with Crippen molar-refractivity contribution in [3.05, 3.63) is 10.3 Å². The third-order valence-corrected chi connectivity index (χ3v) is 2.26. The second kappa shape index (κ2) is 3.84. The molecule has 0 aliphatic carbocycles. The molecule has 7 heteroatoms. The average Bonchev–Trinajstić information content (AvgIpc) is 2.36. The quantitative estimate of drug-likeness (QED) is 0.767. The Morgan fingerprint density at radius 2 is 2.46 bits per heavy atom. The van der Waals surface area contributed by atoms with E-state index in [1.54, 1.807) is 7.05 Å². The fourth-order valence-electron chi connectivity index (χ4n) is 1.04. The Labute approximate surface area is 82.8 Å². The molecule has 1 atom stereocenters. The zero-order valence-electron chi connectivity index (χ0n) is 6.94. The van der Waals surface area contributed by atoms with E-state index in [2.05, 4.69) is 26.2 Å². The lowest BCUT2D eigenvalue weighted by Crippen LogP contribution is -2.23. The summed E-state index contributed by atoms with van der Waals surface area (Å²) in [6.45, 7) is 0.0230. The van der Waals surface area contributed by atoms with Crippen LogP contribution in [0.2, 0.25) is 0 Å². The molecule has 6 nitrogen and oxygen atoms in total. The van der Waals surface area contributed by atoms with E-state index >= 15 is 0 Å². The van der Waals surface area contributed by atoms with Crippen LogP contribution in [0.3, 0.4) is 0 Å². The van der Waals surface area contributed by atoms with Gasteiger partial charge in [0, 0.05) is 13.6 Å². The maximum absolute atomic E-state index is 10.8. The molecule has 0 radical (unpaired) electrons. The molecule has 0 aromatic carbocycles. The monoisotopic (exact) mass is 248 g/mol. The molecule has 1 unspecified atom stereocenters. The number of aliphatic carboxylic acids is 1. The first-order valence-corrected chi connectivity index (χ1v) is 4.35. The molecule has 0 aliphatic rings. The van der Waals surface area contributed by atoms with Gasteiger partial charge in [0.2, 0.25) is 0 Å². The molecule has 0 spiro atoms. The molecule has 3 N–H and O–H groups in total. The lowest BCUT2D eigenvalue weighted by Gasteiger charge is -2.08. The van der Waals surface area contributed by atoms with Crippen LogP contribution in [0.15, 0.2) is 4.60 Å². The summed E-state index contributed by atoms with van der Waals surface area (Å²) in [5.74, 6) is -1.75. The highest BCUT2D eigenvalue weighted by Crippen LogP contribution is 2.21. The molecule has 1 rings (SSSR count). The largest absolute Gasteiger partial charge is 0.481 e. The van der Waals surface area contributed by atoms with E-state index in [9.17, 15) is 4.79 Å². The van der Waals surface area contributed by atoms with E-state index in [1.807, 2.05) is 0 Å². The first-order valence-electron chi connectivity index (χ1n) is 3.55. The molecule has 72 valence electrons. The van der Waals surface area contributed by atoms with Crippen LogP contribution in [0.25, 0.3) is 0 Å². The highest BCUT2D eigenvalue weighted by Gasteiger charge is 2.25. The highest BCUT2D eigenvalue weighted by molar-refractivity contribution is 9.10. The van der Waals surface area contributed by atoms with Crippen LogP contribution < -0.4 is 5.73 Å². The molecule has 13 heavy (non-hydrogen) atoms. The van der Waals surface area contributed by atoms with Crippen LogP contribution in [0.1, 0.15) is 11.6 Å². The number of carboxylic acids is 1. The number of carbonyl (C=O) groups is 1. The molecule has 0 aliphatic heterocycles. The van der Waals surface area contributed by atoms with E-state index in [0.717, 1.165) is 0 Å². The summed E-state index contributed by atoms with van der Waals surface area (Å²) in [5.41, 5.74) is 5.81. The Balaban J connectivity index is 3.10. The fourth-order valence-corrected chi connectivity index (χ4v) is 1.64. The van der Waals surface area contributed by atoms with Crippen molar-refractivity contribution >= 4 is 21.9 Å². The standard InChI is InChI=1S/C6H9BrN4O2/c1-11-4(5(7)9-10-11)3(2-8)6(12)13/h3H,2,8H2,1H3,(H,12,13). The third kappa shape index (κ3) is 1.86. The predicted molar refractivity (Wildman–Crippen MR) is 48.1 cm³/mol. The highest BCUT2D eigenvalue weighted by atomic mass is 79.9. The number of hydrogen-bond acceptors (Lipinski definition) is 4. The van der Waals surface area contributed by atoms with Crippen LogP contribution in [-0.4, -0.2) is 32.6 Å². The lowest BCUT2D eigenvalue weighted by molar-refractivity contribution is -0.138. The fraction of sp³-hybridized carbons (Fsp3) is 0.500. The van der Waals surface area contributed by atoms with Crippen molar-refractivity contribution in [2.45, 2.75) is 5.92 Å². The first-order chi connectivity index (χ1) is 6.07. The third-order valence-electron chi connectivity index (χ3n) is 1.69. The smallest absolute Gasteiger partial charge is 0.313 e. The number of nitrogens with two attached hydrogens (primary N) is 1. The van der Waals surface area contributed by atoms with Gasteiger partial charge in [-0.25, -0.2) is 0 Å². The van der Waals surface area contributed by atoms with Gasteiger partial charge in [0.05, 0.1) is 5.69 Å². The molecule has 0 saturated carbocycles. The van der Waals surface area contributed by atoms with Gasteiger partial charge in [-0.15, -0.1) is 5.10 Å². The predicted octanol–water partition coefficient (Wildman–Crippen LogP) is -0.296. The summed E-state index contributed by atoms with van der Waals surface area (Å²) in [5, 5.41) is 16.2. The molecular formula is C6H9BrN4O2. The minimum Gasteiger partial charge on any atom is -0.481 e. The Kier molecular flexibility index (Phi) is 2.99. The number of aryl methyl sites for hydroxylation is 1. The van der Waals surface area contributed by atoms with Crippen molar-refractivity contribution in [1.29, 1.82) is 0 Å². The SMILES string of the molecule is Cn1nnc(Br)c1C(CN)C(=O)O. The summed E-state index contributed by atoms with van der Waals surface area (Å²) in [6, 6.07) is 0. The molecular weight excluding hydrogens is 240 g/mol. The van der Waals surface area contributed by atoms with Crippen LogP contribution in [-0.2, 0) is 11.8 Å². The van der Waals surface area contributed by atoms with Gasteiger partial charge in [0.1, 0.15) is 5.92 Å². The maximum atomic E-state index is 10.8. The van der Waals surface area contributed by atoms with E-state index in [4.69, 9.17) is 10.8 Å². The van der Waals surface area contributed by atoms with Gasteiger partial charge in [-0.2, -0.15) is 0 Å². The van der Waals surface area contributed by atoms with Gasteiger partial charge in [-0.05, 0) is 15.9 Å². The van der Waals surface area contributed by atoms with Crippen molar-refractivity contribution in [2.24, 2.45) is 12.8 Å². The minimum absolute atomic E-state index is 0.0230. The van der Waals surface area contributed by atoms with Crippen molar-refractivity contribution in [2.75, 3.05) is 6.54 Å². The number of carboxylic acid groups (broad SMARTS) is 1. The van der Waals surface area contributed by atoms with E-state index in [0.29, 0.717) is 10.3 Å². The summed E-state index contributed by atoms with van der Waals surface area (Å²) in [7, 11) is 1.62. The molecule has 0 amide bonds. The Bertz CT molecular complexity index is 305. The molecule has 0 bridgehead atoms. The topological polar surface area (TPSA) is 94.0 Å². The summed E-state index contributed by atoms with van der Waals surface area (Å²) < 4.78 is 1.82. The summed E-state index contributed by atoms with van der Waals surface area (Å²) >= 11 is 3.11. The number of halogens is 1. The van der Waals surface area contributed by atoms with Gasteiger partial charge in [-0.3, -0.25) is 9.48 Å². The van der Waals surface area contributed by atoms with Crippen LogP contribution >= 0.6 is 15.9 Å². The van der Waals surface area contributed by atoms with Crippen LogP contribution in [0.4, 0.5) is 0 Å². The van der Waals surface area contributed by atoms with Crippen molar-refractivity contribution in [3.8, 4) is 0 Å². The van der Waals surface area contributed by atoms with Crippen molar-refractivity contribution in [1.82, 2.24) is 15.0 Å². The van der Waals surface area contributed by atoms with Gasteiger partial charge < -0.3 is 10.8 Å².